The Morgan fingerprint density at radius 3 is 2.42 bits per heavy atom. The highest BCUT2D eigenvalue weighted by molar-refractivity contribution is 7.89. The number of hydrogen-bond donors (Lipinski definition) is 1. The molecule has 1 atom stereocenters. The molecule has 2 N–H and O–H groups in total. The fourth-order valence-corrected chi connectivity index (χ4v) is 3.65. The molecule has 140 valence electrons. The Balaban J connectivity index is 1.79. The smallest absolute Gasteiger partial charge is 0.406 e. The molecule has 2 aromatic carbocycles. The van der Waals surface area contributed by atoms with E-state index in [0.717, 1.165) is 16.8 Å². The van der Waals surface area contributed by atoms with E-state index in [4.69, 9.17) is 5.14 Å². The molecule has 1 aliphatic rings. The second kappa shape index (κ2) is 6.48. The maximum absolute atomic E-state index is 12.2. The van der Waals surface area contributed by atoms with E-state index in [0.29, 0.717) is 13.0 Å². The van der Waals surface area contributed by atoms with E-state index in [1.807, 2.05) is 6.92 Å². The van der Waals surface area contributed by atoms with Crippen LogP contribution < -0.4 is 14.8 Å². The normalized spacial score (nSPS) is 17.3. The molecule has 3 rings (SSSR count). The summed E-state index contributed by atoms with van der Waals surface area (Å²) >= 11 is 0. The van der Waals surface area contributed by atoms with Gasteiger partial charge in [0.25, 0.3) is 0 Å². The average Bonchev–Trinajstić information content (AvgIpc) is 2.82. The number of nitrogens with zero attached hydrogens (tertiary/aromatic N) is 1. The van der Waals surface area contributed by atoms with Gasteiger partial charge in [-0.3, -0.25) is 0 Å². The van der Waals surface area contributed by atoms with E-state index in [9.17, 15) is 21.6 Å². The Hall–Kier alpha value is -2.26. The number of sulfonamides is 1. The molecule has 0 amide bonds. The predicted octanol–water partition coefficient (Wildman–Crippen LogP) is 3.18. The summed E-state index contributed by atoms with van der Waals surface area (Å²) in [6.45, 7) is 2.48. The largest absolute Gasteiger partial charge is 0.573 e. The number of hydrogen-bond acceptors (Lipinski definition) is 4. The number of rotatable bonds is 4. The summed E-state index contributed by atoms with van der Waals surface area (Å²) in [4.78, 5) is 2.14. The highest BCUT2D eigenvalue weighted by Crippen LogP contribution is 2.35. The van der Waals surface area contributed by atoms with Crippen LogP contribution in [0.3, 0.4) is 0 Å². The van der Waals surface area contributed by atoms with Crippen LogP contribution in [-0.4, -0.2) is 20.8 Å². The van der Waals surface area contributed by atoms with Gasteiger partial charge < -0.3 is 9.64 Å². The molecule has 0 fully saturated rings. The van der Waals surface area contributed by atoms with E-state index in [2.05, 4.69) is 9.64 Å². The number of anilines is 1. The quantitative estimate of drug-likeness (QED) is 0.876. The molecule has 1 heterocycles. The van der Waals surface area contributed by atoms with Crippen molar-refractivity contribution in [3.63, 3.8) is 0 Å². The van der Waals surface area contributed by atoms with E-state index in [-0.39, 0.29) is 16.7 Å². The number of halogens is 3. The van der Waals surface area contributed by atoms with E-state index >= 15 is 0 Å². The minimum atomic E-state index is -4.72. The van der Waals surface area contributed by atoms with Crippen LogP contribution in [0.5, 0.6) is 5.75 Å². The van der Waals surface area contributed by atoms with Crippen molar-refractivity contribution in [2.24, 2.45) is 5.14 Å². The van der Waals surface area contributed by atoms with Crippen molar-refractivity contribution in [1.82, 2.24) is 0 Å². The van der Waals surface area contributed by atoms with Gasteiger partial charge in [-0.05, 0) is 54.8 Å². The zero-order valence-electron chi connectivity index (χ0n) is 13.8. The molecule has 9 heteroatoms. The van der Waals surface area contributed by atoms with Crippen LogP contribution in [0, 0.1) is 0 Å². The zero-order chi connectivity index (χ0) is 19.1. The Labute approximate surface area is 149 Å². The molecule has 0 spiro atoms. The fraction of sp³-hybridized carbons (Fsp3) is 0.294. The summed E-state index contributed by atoms with van der Waals surface area (Å²) in [7, 11) is -3.76. The number of nitrogens with two attached hydrogens (primary N) is 1. The molecule has 0 unspecified atom stereocenters. The van der Waals surface area contributed by atoms with Crippen LogP contribution in [0.2, 0.25) is 0 Å². The summed E-state index contributed by atoms with van der Waals surface area (Å²) in [5, 5.41) is 5.17. The third kappa shape index (κ3) is 4.10. The maximum Gasteiger partial charge on any atom is 0.573 e. The average molecular weight is 386 g/mol. The Morgan fingerprint density at radius 2 is 1.85 bits per heavy atom. The second-order valence-corrected chi connectivity index (χ2v) is 7.77. The molecular formula is C17H17F3N2O3S. The summed E-state index contributed by atoms with van der Waals surface area (Å²) in [6.07, 6.45) is -4.06. The summed E-state index contributed by atoms with van der Waals surface area (Å²) in [5.74, 6) is -0.270. The van der Waals surface area contributed by atoms with Gasteiger partial charge in [0.15, 0.2) is 0 Å². The summed E-state index contributed by atoms with van der Waals surface area (Å²) in [6, 6.07) is 10.5. The summed E-state index contributed by atoms with van der Waals surface area (Å²) < 4.78 is 63.5. The number of benzene rings is 2. The van der Waals surface area contributed by atoms with Gasteiger partial charge in [0.05, 0.1) is 4.90 Å². The molecule has 26 heavy (non-hydrogen) atoms. The lowest BCUT2D eigenvalue weighted by molar-refractivity contribution is -0.274. The minimum Gasteiger partial charge on any atom is -0.406 e. The molecule has 0 aliphatic carbocycles. The van der Waals surface area contributed by atoms with Crippen LogP contribution in [0.4, 0.5) is 18.9 Å². The first-order chi connectivity index (χ1) is 12.0. The topological polar surface area (TPSA) is 72.6 Å². The number of alkyl halides is 3. The van der Waals surface area contributed by atoms with Crippen molar-refractivity contribution in [3.8, 4) is 5.75 Å². The summed E-state index contributed by atoms with van der Waals surface area (Å²) in [5.41, 5.74) is 2.58. The predicted molar refractivity (Wildman–Crippen MR) is 90.3 cm³/mol. The van der Waals surface area contributed by atoms with E-state index < -0.39 is 16.4 Å². The van der Waals surface area contributed by atoms with Crippen LogP contribution in [0.1, 0.15) is 18.1 Å². The first-order valence-corrected chi connectivity index (χ1v) is 9.34. The lowest BCUT2D eigenvalue weighted by atomic mass is 10.1. The molecule has 0 radical (unpaired) electrons. The fourth-order valence-electron chi connectivity index (χ4n) is 3.08. The maximum atomic E-state index is 12.2. The third-order valence-electron chi connectivity index (χ3n) is 4.25. The van der Waals surface area contributed by atoms with Crippen molar-refractivity contribution in [2.45, 2.75) is 37.2 Å². The van der Waals surface area contributed by atoms with Gasteiger partial charge in [-0.1, -0.05) is 12.1 Å². The molecule has 2 aromatic rings. The van der Waals surface area contributed by atoms with Gasteiger partial charge in [0.1, 0.15) is 5.75 Å². The van der Waals surface area contributed by atoms with Crippen LogP contribution in [0.25, 0.3) is 0 Å². The van der Waals surface area contributed by atoms with E-state index in [1.165, 1.54) is 18.2 Å². The Morgan fingerprint density at radius 1 is 1.19 bits per heavy atom. The monoisotopic (exact) mass is 386 g/mol. The van der Waals surface area contributed by atoms with Crippen LogP contribution >= 0.6 is 0 Å². The molecule has 0 bridgehead atoms. The number of primary sulfonamides is 1. The molecule has 1 aliphatic heterocycles. The SMILES string of the molecule is C[C@H]1Cc2cc(S(N)(=O)=O)ccc2N1Cc1ccc(OC(F)(F)F)cc1. The van der Waals surface area contributed by atoms with E-state index in [1.54, 1.807) is 24.3 Å². The highest BCUT2D eigenvalue weighted by atomic mass is 32.2. The highest BCUT2D eigenvalue weighted by Gasteiger charge is 2.31. The molecule has 0 saturated carbocycles. The number of fused-ring (bicyclic) bond motifs is 1. The van der Waals surface area contributed by atoms with Gasteiger partial charge >= 0.3 is 6.36 Å². The van der Waals surface area contributed by atoms with Gasteiger partial charge in [-0.25, -0.2) is 13.6 Å². The number of ether oxygens (including phenoxy) is 1. The van der Waals surface area contributed by atoms with Gasteiger partial charge in [0.2, 0.25) is 10.0 Å². The lowest BCUT2D eigenvalue weighted by Gasteiger charge is -2.25. The zero-order valence-corrected chi connectivity index (χ0v) is 14.6. The van der Waals surface area contributed by atoms with Gasteiger partial charge in [-0.15, -0.1) is 13.2 Å². The first kappa shape index (κ1) is 18.5. The van der Waals surface area contributed by atoms with Crippen molar-refractivity contribution in [3.05, 3.63) is 53.6 Å². The second-order valence-electron chi connectivity index (χ2n) is 6.21. The van der Waals surface area contributed by atoms with Crippen molar-refractivity contribution < 1.29 is 26.3 Å². The van der Waals surface area contributed by atoms with Gasteiger partial charge in [0, 0.05) is 18.3 Å². The first-order valence-electron chi connectivity index (χ1n) is 7.80. The van der Waals surface area contributed by atoms with Crippen molar-refractivity contribution in [2.75, 3.05) is 4.90 Å². The Bertz CT molecular complexity index is 912. The van der Waals surface area contributed by atoms with Crippen molar-refractivity contribution in [1.29, 1.82) is 0 Å². The minimum absolute atomic E-state index is 0.0685. The molecule has 0 aromatic heterocycles. The lowest BCUT2D eigenvalue weighted by Crippen LogP contribution is -2.28. The molecule has 0 saturated heterocycles. The Kier molecular flexibility index (Phi) is 4.61. The van der Waals surface area contributed by atoms with Gasteiger partial charge in [-0.2, -0.15) is 0 Å². The molecular weight excluding hydrogens is 369 g/mol. The third-order valence-corrected chi connectivity index (χ3v) is 5.16. The van der Waals surface area contributed by atoms with Crippen LogP contribution in [0.15, 0.2) is 47.4 Å². The van der Waals surface area contributed by atoms with Crippen LogP contribution in [-0.2, 0) is 23.0 Å². The molecule has 5 nitrogen and oxygen atoms in total. The van der Waals surface area contributed by atoms with Crippen molar-refractivity contribution >= 4 is 15.7 Å². The standard InChI is InChI=1S/C17H17F3N2O3S/c1-11-8-13-9-15(26(21,23)24)6-7-16(13)22(11)10-12-2-4-14(5-3-12)25-17(18,19)20/h2-7,9,11H,8,10H2,1H3,(H2,21,23,24)/t11-/m0/s1.